The predicted octanol–water partition coefficient (Wildman–Crippen LogP) is 1.72. The Labute approximate surface area is 73.1 Å². The van der Waals surface area contributed by atoms with Gasteiger partial charge in [-0.1, -0.05) is 11.8 Å². The molecule has 0 saturated heterocycles. The van der Waals surface area contributed by atoms with E-state index >= 15 is 0 Å². The van der Waals surface area contributed by atoms with Crippen LogP contribution in [0, 0.1) is 0 Å². The fraction of sp³-hybridized carbons (Fsp3) is 0.833. The Bertz CT molecular complexity index is 157. The van der Waals surface area contributed by atoms with Gasteiger partial charge in [0.15, 0.2) is 0 Å². The minimum atomic E-state index is -4.23. The van der Waals surface area contributed by atoms with E-state index in [4.69, 9.17) is 0 Å². The van der Waals surface area contributed by atoms with Crippen molar-refractivity contribution in [1.82, 2.24) is 4.90 Å². The fourth-order valence-corrected chi connectivity index (χ4v) is 0.986. The summed E-state index contributed by atoms with van der Waals surface area (Å²) in [6, 6.07) is 0. The maximum atomic E-state index is 11.5. The standard InChI is InChI=1S/C6H10F3NOS/c1-10(2)5(11)3-4-12-6(7,8)9/h3-4H2,1-2H3. The highest BCUT2D eigenvalue weighted by Gasteiger charge is 2.27. The fourth-order valence-electron chi connectivity index (χ4n) is 0.478. The predicted molar refractivity (Wildman–Crippen MR) is 41.8 cm³/mol. The van der Waals surface area contributed by atoms with E-state index in [-0.39, 0.29) is 29.8 Å². The van der Waals surface area contributed by atoms with E-state index in [1.807, 2.05) is 0 Å². The molecule has 0 aromatic carbocycles. The molecule has 0 fully saturated rings. The Kier molecular flexibility index (Phi) is 4.44. The summed E-state index contributed by atoms with van der Waals surface area (Å²) in [6.45, 7) is 0. The number of thioether (sulfide) groups is 1. The lowest BCUT2D eigenvalue weighted by Crippen LogP contribution is -2.22. The van der Waals surface area contributed by atoms with Gasteiger partial charge in [-0.3, -0.25) is 4.79 Å². The molecule has 0 bridgehead atoms. The molecule has 0 aliphatic heterocycles. The maximum Gasteiger partial charge on any atom is 0.441 e. The van der Waals surface area contributed by atoms with Crippen LogP contribution in [-0.2, 0) is 4.79 Å². The van der Waals surface area contributed by atoms with Crippen molar-refractivity contribution in [3.8, 4) is 0 Å². The van der Waals surface area contributed by atoms with Crippen molar-refractivity contribution in [3.63, 3.8) is 0 Å². The van der Waals surface area contributed by atoms with Gasteiger partial charge in [0, 0.05) is 26.3 Å². The molecular formula is C6H10F3NOS. The van der Waals surface area contributed by atoms with Crippen molar-refractivity contribution < 1.29 is 18.0 Å². The molecule has 0 spiro atoms. The summed E-state index contributed by atoms with van der Waals surface area (Å²) in [7, 11) is 3.03. The first-order valence-corrected chi connectivity index (χ1v) is 4.22. The van der Waals surface area contributed by atoms with Crippen LogP contribution in [0.2, 0.25) is 0 Å². The third-order valence-electron chi connectivity index (χ3n) is 1.08. The summed E-state index contributed by atoms with van der Waals surface area (Å²) < 4.78 is 34.6. The van der Waals surface area contributed by atoms with Gasteiger partial charge in [0.05, 0.1) is 0 Å². The molecule has 0 heterocycles. The average molecular weight is 201 g/mol. The van der Waals surface area contributed by atoms with Crippen molar-refractivity contribution in [2.75, 3.05) is 19.8 Å². The molecule has 0 aromatic heterocycles. The van der Waals surface area contributed by atoms with Crippen LogP contribution in [0.5, 0.6) is 0 Å². The van der Waals surface area contributed by atoms with Crippen LogP contribution in [0.15, 0.2) is 0 Å². The van der Waals surface area contributed by atoms with E-state index in [1.165, 1.54) is 19.0 Å². The highest BCUT2D eigenvalue weighted by Crippen LogP contribution is 2.30. The van der Waals surface area contributed by atoms with Crippen LogP contribution in [0.3, 0.4) is 0 Å². The minimum Gasteiger partial charge on any atom is -0.349 e. The summed E-state index contributed by atoms with van der Waals surface area (Å²) in [5, 5.41) is 0. The Hall–Kier alpha value is -0.390. The van der Waals surface area contributed by atoms with E-state index in [2.05, 4.69) is 0 Å². The van der Waals surface area contributed by atoms with E-state index in [0.717, 1.165) is 0 Å². The van der Waals surface area contributed by atoms with Crippen LogP contribution < -0.4 is 0 Å². The van der Waals surface area contributed by atoms with Gasteiger partial charge in [-0.2, -0.15) is 13.2 Å². The van der Waals surface area contributed by atoms with Crippen LogP contribution in [0.4, 0.5) is 13.2 Å². The number of carbonyl (C=O) groups excluding carboxylic acids is 1. The lowest BCUT2D eigenvalue weighted by molar-refractivity contribution is -0.128. The zero-order valence-electron chi connectivity index (χ0n) is 6.81. The van der Waals surface area contributed by atoms with Crippen molar-refractivity contribution in [3.05, 3.63) is 0 Å². The van der Waals surface area contributed by atoms with E-state index in [0.29, 0.717) is 0 Å². The van der Waals surface area contributed by atoms with Crippen LogP contribution >= 0.6 is 11.8 Å². The SMILES string of the molecule is CN(C)C(=O)CCSC(F)(F)F. The molecule has 0 aromatic rings. The summed E-state index contributed by atoms with van der Waals surface area (Å²) in [4.78, 5) is 12.0. The van der Waals surface area contributed by atoms with Gasteiger partial charge in [-0.05, 0) is 0 Å². The minimum absolute atomic E-state index is 0.0722. The van der Waals surface area contributed by atoms with E-state index in [9.17, 15) is 18.0 Å². The quantitative estimate of drug-likeness (QED) is 0.693. The Balaban J connectivity index is 3.51. The maximum absolute atomic E-state index is 11.5. The van der Waals surface area contributed by atoms with Crippen LogP contribution in [0.25, 0.3) is 0 Å². The molecule has 2 nitrogen and oxygen atoms in total. The lowest BCUT2D eigenvalue weighted by atomic mass is 10.4. The zero-order valence-corrected chi connectivity index (χ0v) is 7.63. The molecular weight excluding hydrogens is 191 g/mol. The summed E-state index contributed by atoms with van der Waals surface area (Å²) in [5.74, 6) is -0.493. The summed E-state index contributed by atoms with van der Waals surface area (Å²) in [5.41, 5.74) is -4.23. The number of hydrogen-bond donors (Lipinski definition) is 0. The molecule has 6 heteroatoms. The number of hydrogen-bond acceptors (Lipinski definition) is 2. The van der Waals surface area contributed by atoms with Crippen molar-refractivity contribution in [1.29, 1.82) is 0 Å². The number of nitrogens with zero attached hydrogens (tertiary/aromatic N) is 1. The molecule has 0 aliphatic rings. The van der Waals surface area contributed by atoms with Crippen molar-refractivity contribution in [2.24, 2.45) is 0 Å². The molecule has 0 radical (unpaired) electrons. The molecule has 0 rings (SSSR count). The monoisotopic (exact) mass is 201 g/mol. The molecule has 1 amide bonds. The number of carbonyl (C=O) groups is 1. The first-order chi connectivity index (χ1) is 5.33. The van der Waals surface area contributed by atoms with Crippen molar-refractivity contribution in [2.45, 2.75) is 11.9 Å². The molecule has 0 unspecified atom stereocenters. The molecule has 0 aliphatic carbocycles. The van der Waals surface area contributed by atoms with E-state index in [1.54, 1.807) is 0 Å². The van der Waals surface area contributed by atoms with Gasteiger partial charge in [0.2, 0.25) is 5.91 Å². The number of alkyl halides is 3. The third-order valence-corrected chi connectivity index (χ3v) is 1.82. The van der Waals surface area contributed by atoms with Crippen LogP contribution in [-0.4, -0.2) is 36.2 Å². The van der Waals surface area contributed by atoms with Gasteiger partial charge in [-0.15, -0.1) is 0 Å². The normalized spacial score (nSPS) is 11.4. The first kappa shape index (κ1) is 11.6. The van der Waals surface area contributed by atoms with Gasteiger partial charge in [0.25, 0.3) is 0 Å². The number of amides is 1. The van der Waals surface area contributed by atoms with Gasteiger partial charge in [0.1, 0.15) is 0 Å². The smallest absolute Gasteiger partial charge is 0.349 e. The Morgan fingerprint density at radius 2 is 1.92 bits per heavy atom. The molecule has 0 atom stereocenters. The number of rotatable bonds is 3. The Morgan fingerprint density at radius 3 is 2.25 bits per heavy atom. The van der Waals surface area contributed by atoms with Gasteiger partial charge in [-0.25, -0.2) is 0 Å². The zero-order chi connectivity index (χ0) is 9.78. The average Bonchev–Trinajstić information content (AvgIpc) is 1.84. The van der Waals surface area contributed by atoms with Gasteiger partial charge >= 0.3 is 5.51 Å². The van der Waals surface area contributed by atoms with Crippen molar-refractivity contribution >= 4 is 17.7 Å². The second-order valence-electron chi connectivity index (χ2n) is 2.33. The van der Waals surface area contributed by atoms with Gasteiger partial charge < -0.3 is 4.90 Å². The summed E-state index contributed by atoms with van der Waals surface area (Å²) >= 11 is -0.168. The first-order valence-electron chi connectivity index (χ1n) is 3.24. The Morgan fingerprint density at radius 1 is 1.42 bits per heavy atom. The number of halogens is 3. The highest BCUT2D eigenvalue weighted by atomic mass is 32.2. The van der Waals surface area contributed by atoms with E-state index < -0.39 is 5.51 Å². The second-order valence-corrected chi connectivity index (χ2v) is 3.49. The molecule has 72 valence electrons. The second kappa shape index (κ2) is 4.59. The molecule has 12 heavy (non-hydrogen) atoms. The van der Waals surface area contributed by atoms with Crippen LogP contribution in [0.1, 0.15) is 6.42 Å². The highest BCUT2D eigenvalue weighted by molar-refractivity contribution is 8.00. The lowest BCUT2D eigenvalue weighted by Gasteiger charge is -2.10. The summed E-state index contributed by atoms with van der Waals surface area (Å²) in [6.07, 6.45) is -0.0722. The largest absolute Gasteiger partial charge is 0.441 e. The third kappa shape index (κ3) is 6.33. The molecule has 0 N–H and O–H groups in total. The molecule has 0 saturated carbocycles. The topological polar surface area (TPSA) is 20.3 Å².